The van der Waals surface area contributed by atoms with Gasteiger partial charge in [-0.2, -0.15) is 0 Å². The molecule has 0 atom stereocenters. The lowest BCUT2D eigenvalue weighted by molar-refractivity contribution is 0.104. The Balaban J connectivity index is 1.76. The van der Waals surface area contributed by atoms with E-state index in [9.17, 15) is 4.79 Å². The Morgan fingerprint density at radius 1 is 0.970 bits per heavy atom. The zero-order valence-corrected chi connectivity index (χ0v) is 19.9. The normalized spacial score (nSPS) is 11.3. The minimum atomic E-state index is -0.0754. The highest BCUT2D eigenvalue weighted by molar-refractivity contribution is 6.31. The molecular formula is C29H27ClN2O. The number of nitrogens with zero attached hydrogens (tertiary/aromatic N) is 2. The lowest BCUT2D eigenvalue weighted by Crippen LogP contribution is -2.21. The van der Waals surface area contributed by atoms with Gasteiger partial charge in [-0.15, -0.1) is 0 Å². The van der Waals surface area contributed by atoms with Crippen molar-refractivity contribution < 1.29 is 4.79 Å². The van der Waals surface area contributed by atoms with Crippen molar-refractivity contribution in [2.24, 2.45) is 0 Å². The fourth-order valence-corrected chi connectivity index (χ4v) is 4.38. The number of hydrogen-bond donors (Lipinski definition) is 0. The van der Waals surface area contributed by atoms with Crippen molar-refractivity contribution in [2.75, 3.05) is 18.0 Å². The van der Waals surface area contributed by atoms with E-state index < -0.39 is 0 Å². The molecule has 3 nitrogen and oxygen atoms in total. The lowest BCUT2D eigenvalue weighted by atomic mass is 9.92. The number of pyridine rings is 1. The van der Waals surface area contributed by atoms with Gasteiger partial charge in [-0.3, -0.25) is 9.78 Å². The molecule has 0 radical (unpaired) electrons. The smallest absolute Gasteiger partial charge is 0.188 e. The summed E-state index contributed by atoms with van der Waals surface area (Å²) in [6.45, 7) is 8.11. The summed E-state index contributed by atoms with van der Waals surface area (Å²) in [6, 6.07) is 23.8. The first-order valence-electron chi connectivity index (χ1n) is 11.2. The maximum Gasteiger partial charge on any atom is 0.188 e. The van der Waals surface area contributed by atoms with Gasteiger partial charge in [0.25, 0.3) is 0 Å². The van der Waals surface area contributed by atoms with Crippen molar-refractivity contribution in [3.63, 3.8) is 0 Å². The van der Waals surface area contributed by atoms with E-state index in [-0.39, 0.29) is 5.78 Å². The molecule has 0 N–H and O–H groups in total. The molecule has 1 heterocycles. The Labute approximate surface area is 200 Å². The van der Waals surface area contributed by atoms with Crippen LogP contribution in [0.4, 0.5) is 5.69 Å². The maximum atomic E-state index is 13.5. The Hall–Kier alpha value is -3.43. The van der Waals surface area contributed by atoms with Crippen molar-refractivity contribution in [1.82, 2.24) is 4.98 Å². The van der Waals surface area contributed by atoms with Gasteiger partial charge in [0.1, 0.15) is 0 Å². The Morgan fingerprint density at radius 2 is 1.67 bits per heavy atom. The summed E-state index contributed by atoms with van der Waals surface area (Å²) in [7, 11) is 0. The Bertz CT molecular complexity index is 1310. The zero-order valence-electron chi connectivity index (χ0n) is 19.2. The number of halogens is 1. The van der Waals surface area contributed by atoms with Crippen LogP contribution >= 0.6 is 11.6 Å². The van der Waals surface area contributed by atoms with Crippen molar-refractivity contribution >= 4 is 40.1 Å². The van der Waals surface area contributed by atoms with E-state index in [0.29, 0.717) is 16.3 Å². The van der Waals surface area contributed by atoms with Crippen molar-refractivity contribution in [2.45, 2.75) is 20.8 Å². The number of allylic oxidation sites excluding steroid dienone is 1. The van der Waals surface area contributed by atoms with Gasteiger partial charge < -0.3 is 4.90 Å². The lowest BCUT2D eigenvalue weighted by Gasteiger charge is -2.20. The molecule has 0 unspecified atom stereocenters. The molecule has 0 aliphatic heterocycles. The number of carbonyl (C=O) groups is 1. The summed E-state index contributed by atoms with van der Waals surface area (Å²) in [5.74, 6) is -0.0754. The molecule has 1 aromatic heterocycles. The SMILES string of the molecule is CCN(CC)c1ccc(C=CC(=O)c2c(C)nc3ccc(Cl)cc3c2-c2ccccc2)cc1. The number of hydrogen-bond acceptors (Lipinski definition) is 3. The van der Waals surface area contributed by atoms with Crippen LogP contribution < -0.4 is 4.90 Å². The predicted octanol–water partition coefficient (Wildman–Crippen LogP) is 7.61. The number of anilines is 1. The third-order valence-corrected chi connectivity index (χ3v) is 6.12. The molecule has 33 heavy (non-hydrogen) atoms. The third-order valence-electron chi connectivity index (χ3n) is 5.89. The van der Waals surface area contributed by atoms with E-state index >= 15 is 0 Å². The predicted molar refractivity (Wildman–Crippen MR) is 140 cm³/mol. The molecule has 4 rings (SSSR count). The molecule has 0 fully saturated rings. The highest BCUT2D eigenvalue weighted by atomic mass is 35.5. The van der Waals surface area contributed by atoms with Crippen LogP contribution in [0.1, 0.15) is 35.5 Å². The molecule has 0 saturated carbocycles. The molecular weight excluding hydrogens is 428 g/mol. The average molecular weight is 455 g/mol. The van der Waals surface area contributed by atoms with Gasteiger partial charge in [-0.05, 0) is 68.3 Å². The van der Waals surface area contributed by atoms with Crippen LogP contribution in [0.5, 0.6) is 0 Å². The van der Waals surface area contributed by atoms with Crippen LogP contribution in [0.2, 0.25) is 5.02 Å². The second-order valence-electron chi connectivity index (χ2n) is 7.94. The van der Waals surface area contributed by atoms with Crippen LogP contribution in [0.25, 0.3) is 28.1 Å². The number of carbonyl (C=O) groups excluding carboxylic acids is 1. The molecule has 4 heteroatoms. The van der Waals surface area contributed by atoms with Gasteiger partial charge in [0.2, 0.25) is 0 Å². The minimum Gasteiger partial charge on any atom is -0.372 e. The summed E-state index contributed by atoms with van der Waals surface area (Å²) in [6.07, 6.45) is 3.50. The molecule has 0 aliphatic carbocycles. The van der Waals surface area contributed by atoms with Crippen LogP contribution in [0, 0.1) is 6.92 Å². The third kappa shape index (κ3) is 4.84. The highest BCUT2D eigenvalue weighted by Gasteiger charge is 2.19. The standard InChI is InChI=1S/C29H27ClN2O/c1-4-32(5-2)24-15-11-21(12-16-24)13-18-27(33)28-20(3)31-26-17-14-23(30)19-25(26)29(28)22-9-7-6-8-10-22/h6-19H,4-5H2,1-3H3. The van der Waals surface area contributed by atoms with Gasteiger partial charge in [0.15, 0.2) is 5.78 Å². The van der Waals surface area contributed by atoms with Gasteiger partial charge in [0, 0.05) is 40.4 Å². The molecule has 4 aromatic rings. The van der Waals surface area contributed by atoms with Gasteiger partial charge >= 0.3 is 0 Å². The number of benzene rings is 3. The summed E-state index contributed by atoms with van der Waals surface area (Å²) < 4.78 is 0. The first-order valence-corrected chi connectivity index (χ1v) is 11.6. The van der Waals surface area contributed by atoms with Crippen LogP contribution in [-0.2, 0) is 0 Å². The number of rotatable bonds is 7. The molecule has 0 aliphatic rings. The van der Waals surface area contributed by atoms with Crippen LogP contribution in [-0.4, -0.2) is 23.9 Å². The number of aryl methyl sites for hydroxylation is 1. The Morgan fingerprint density at radius 3 is 2.33 bits per heavy atom. The first-order chi connectivity index (χ1) is 16.0. The molecule has 0 amide bonds. The monoisotopic (exact) mass is 454 g/mol. The zero-order chi connectivity index (χ0) is 23.4. The van der Waals surface area contributed by atoms with Crippen molar-refractivity contribution in [1.29, 1.82) is 0 Å². The van der Waals surface area contributed by atoms with Gasteiger partial charge in [0.05, 0.1) is 11.1 Å². The topological polar surface area (TPSA) is 33.2 Å². The van der Waals surface area contributed by atoms with E-state index in [4.69, 9.17) is 16.6 Å². The maximum absolute atomic E-state index is 13.5. The molecule has 166 valence electrons. The minimum absolute atomic E-state index is 0.0754. The average Bonchev–Trinajstić information content (AvgIpc) is 2.84. The van der Waals surface area contributed by atoms with Crippen LogP contribution in [0.15, 0.2) is 78.9 Å². The van der Waals surface area contributed by atoms with Crippen LogP contribution in [0.3, 0.4) is 0 Å². The fraction of sp³-hybridized carbons (Fsp3) is 0.172. The van der Waals surface area contributed by atoms with Crippen molar-refractivity contribution in [3.05, 3.63) is 101 Å². The van der Waals surface area contributed by atoms with Gasteiger partial charge in [-0.1, -0.05) is 60.1 Å². The first kappa shape index (κ1) is 22.8. The summed E-state index contributed by atoms with van der Waals surface area (Å²) in [5, 5.41) is 1.49. The molecule has 0 spiro atoms. The summed E-state index contributed by atoms with van der Waals surface area (Å²) in [4.78, 5) is 20.5. The summed E-state index contributed by atoms with van der Waals surface area (Å²) in [5.41, 5.74) is 6.13. The fourth-order valence-electron chi connectivity index (χ4n) is 4.20. The van der Waals surface area contributed by atoms with Crippen molar-refractivity contribution in [3.8, 4) is 11.1 Å². The van der Waals surface area contributed by atoms with E-state index in [1.165, 1.54) is 5.69 Å². The van der Waals surface area contributed by atoms with E-state index in [2.05, 4.69) is 30.9 Å². The number of ketones is 1. The quantitative estimate of drug-likeness (QED) is 0.213. The van der Waals surface area contributed by atoms with E-state index in [1.807, 2.05) is 73.7 Å². The largest absolute Gasteiger partial charge is 0.372 e. The number of fused-ring (bicyclic) bond motifs is 1. The Kier molecular flexibility index (Phi) is 6.90. The second-order valence-corrected chi connectivity index (χ2v) is 8.37. The molecule has 3 aromatic carbocycles. The van der Waals surface area contributed by atoms with E-state index in [1.54, 1.807) is 6.08 Å². The number of aromatic nitrogens is 1. The summed E-state index contributed by atoms with van der Waals surface area (Å²) >= 11 is 6.32. The highest BCUT2D eigenvalue weighted by Crippen LogP contribution is 2.35. The second kappa shape index (κ2) is 10.0. The molecule has 0 saturated heterocycles. The molecule has 0 bridgehead atoms. The van der Waals surface area contributed by atoms with E-state index in [0.717, 1.165) is 40.7 Å². The van der Waals surface area contributed by atoms with Gasteiger partial charge in [-0.25, -0.2) is 0 Å².